The van der Waals surface area contributed by atoms with Crippen LogP contribution in [0.1, 0.15) is 32.8 Å². The van der Waals surface area contributed by atoms with E-state index in [1.54, 1.807) is 0 Å². The van der Waals surface area contributed by atoms with Crippen LogP contribution in [0.4, 0.5) is 0 Å². The van der Waals surface area contributed by atoms with E-state index < -0.39 is 0 Å². The molecule has 0 aromatic heterocycles. The summed E-state index contributed by atoms with van der Waals surface area (Å²) in [4.78, 5) is 1.33. The first-order valence-corrected chi connectivity index (χ1v) is 7.56. The van der Waals surface area contributed by atoms with Crippen LogP contribution in [-0.4, -0.2) is 11.8 Å². The Kier molecular flexibility index (Phi) is 6.39. The number of nitrogens with two attached hydrogens (primary N) is 1. The van der Waals surface area contributed by atoms with Gasteiger partial charge in [0, 0.05) is 21.7 Å². The van der Waals surface area contributed by atoms with Gasteiger partial charge in [-0.1, -0.05) is 32.4 Å². The maximum absolute atomic E-state index is 6.06. The summed E-state index contributed by atoms with van der Waals surface area (Å²) >= 11 is 7.96. The molecule has 1 unspecified atom stereocenters. The summed E-state index contributed by atoms with van der Waals surface area (Å²) < 4.78 is 0. The Morgan fingerprint density at radius 3 is 2.65 bits per heavy atom. The molecule has 17 heavy (non-hydrogen) atoms. The number of hydrogen-bond acceptors (Lipinski definition) is 2. The SMILES string of the molecule is CCC(N)Cc1cc(Cl)ccc1SCC(C)C. The van der Waals surface area contributed by atoms with Crippen LogP contribution in [0.5, 0.6) is 0 Å². The first kappa shape index (κ1) is 14.9. The fourth-order valence-corrected chi connectivity index (χ4v) is 2.73. The van der Waals surface area contributed by atoms with Crippen LogP contribution >= 0.6 is 23.4 Å². The van der Waals surface area contributed by atoms with Gasteiger partial charge in [-0.05, 0) is 42.5 Å². The van der Waals surface area contributed by atoms with Crippen LogP contribution in [0.15, 0.2) is 23.1 Å². The highest BCUT2D eigenvalue weighted by molar-refractivity contribution is 7.99. The van der Waals surface area contributed by atoms with Gasteiger partial charge in [0.1, 0.15) is 0 Å². The molecule has 0 aliphatic carbocycles. The number of halogens is 1. The predicted molar refractivity (Wildman–Crippen MR) is 79.0 cm³/mol. The third-order valence-corrected chi connectivity index (χ3v) is 4.38. The Hall–Kier alpha value is -0.180. The molecule has 0 radical (unpaired) electrons. The largest absolute Gasteiger partial charge is 0.327 e. The Morgan fingerprint density at radius 2 is 2.06 bits per heavy atom. The molecular formula is C14H22ClNS. The lowest BCUT2D eigenvalue weighted by Gasteiger charge is -2.14. The van der Waals surface area contributed by atoms with Gasteiger partial charge in [0.05, 0.1) is 0 Å². The van der Waals surface area contributed by atoms with E-state index in [-0.39, 0.29) is 6.04 Å². The summed E-state index contributed by atoms with van der Waals surface area (Å²) in [5.41, 5.74) is 7.32. The van der Waals surface area contributed by atoms with E-state index in [0.717, 1.165) is 23.6 Å². The smallest absolute Gasteiger partial charge is 0.0409 e. The molecule has 0 saturated carbocycles. The summed E-state index contributed by atoms with van der Waals surface area (Å²) in [7, 11) is 0. The van der Waals surface area contributed by atoms with Gasteiger partial charge >= 0.3 is 0 Å². The number of rotatable bonds is 6. The Bertz CT molecular complexity index is 352. The molecule has 1 aromatic rings. The highest BCUT2D eigenvalue weighted by atomic mass is 35.5. The molecular weight excluding hydrogens is 250 g/mol. The highest BCUT2D eigenvalue weighted by Gasteiger charge is 2.09. The summed E-state index contributed by atoms with van der Waals surface area (Å²) in [6.45, 7) is 6.59. The molecule has 0 saturated heterocycles. The molecule has 0 bridgehead atoms. The fourth-order valence-electron chi connectivity index (χ4n) is 1.53. The van der Waals surface area contributed by atoms with Gasteiger partial charge in [-0.15, -0.1) is 11.8 Å². The zero-order valence-electron chi connectivity index (χ0n) is 10.9. The van der Waals surface area contributed by atoms with Crippen molar-refractivity contribution in [2.24, 2.45) is 11.7 Å². The van der Waals surface area contributed by atoms with Crippen molar-refractivity contribution in [3.63, 3.8) is 0 Å². The predicted octanol–water partition coefficient (Wildman–Crippen LogP) is 4.37. The van der Waals surface area contributed by atoms with Crippen molar-refractivity contribution in [1.29, 1.82) is 0 Å². The number of thioether (sulfide) groups is 1. The van der Waals surface area contributed by atoms with Crippen LogP contribution in [-0.2, 0) is 6.42 Å². The quantitative estimate of drug-likeness (QED) is 0.778. The molecule has 0 aliphatic rings. The molecule has 0 heterocycles. The average Bonchev–Trinajstić information content (AvgIpc) is 2.27. The van der Waals surface area contributed by atoms with E-state index >= 15 is 0 Å². The lowest BCUT2D eigenvalue weighted by atomic mass is 10.0. The standard InChI is InChI=1S/C14H22ClNS/c1-4-13(16)8-11-7-12(15)5-6-14(11)17-9-10(2)3/h5-7,10,13H,4,8-9,16H2,1-3H3. The van der Waals surface area contributed by atoms with Crippen molar-refractivity contribution in [2.45, 2.75) is 44.6 Å². The normalized spacial score (nSPS) is 13.1. The van der Waals surface area contributed by atoms with Crippen LogP contribution in [0.3, 0.4) is 0 Å². The monoisotopic (exact) mass is 271 g/mol. The van der Waals surface area contributed by atoms with Crippen LogP contribution in [0, 0.1) is 5.92 Å². The molecule has 0 fully saturated rings. The summed E-state index contributed by atoms with van der Waals surface area (Å²) in [5.74, 6) is 1.83. The molecule has 96 valence electrons. The van der Waals surface area contributed by atoms with Crippen molar-refractivity contribution in [3.8, 4) is 0 Å². The minimum Gasteiger partial charge on any atom is -0.327 e. The topological polar surface area (TPSA) is 26.0 Å². The fraction of sp³-hybridized carbons (Fsp3) is 0.571. The Balaban J connectivity index is 2.79. The third kappa shape index (κ3) is 5.33. The second-order valence-corrected chi connectivity index (χ2v) is 6.33. The molecule has 3 heteroatoms. The average molecular weight is 272 g/mol. The molecule has 0 spiro atoms. The van der Waals surface area contributed by atoms with E-state index in [1.807, 2.05) is 17.8 Å². The van der Waals surface area contributed by atoms with Crippen molar-refractivity contribution in [2.75, 3.05) is 5.75 Å². The van der Waals surface area contributed by atoms with E-state index in [0.29, 0.717) is 5.92 Å². The lowest BCUT2D eigenvalue weighted by molar-refractivity contribution is 0.641. The third-order valence-electron chi connectivity index (χ3n) is 2.60. The van der Waals surface area contributed by atoms with E-state index in [9.17, 15) is 0 Å². The maximum atomic E-state index is 6.06. The van der Waals surface area contributed by atoms with Gasteiger partial charge < -0.3 is 5.73 Å². The van der Waals surface area contributed by atoms with Gasteiger partial charge in [-0.25, -0.2) is 0 Å². The lowest BCUT2D eigenvalue weighted by Crippen LogP contribution is -2.21. The first-order chi connectivity index (χ1) is 8.02. The van der Waals surface area contributed by atoms with Gasteiger partial charge in [0.15, 0.2) is 0 Å². The van der Waals surface area contributed by atoms with E-state index in [1.165, 1.54) is 10.5 Å². The van der Waals surface area contributed by atoms with Crippen molar-refractivity contribution < 1.29 is 0 Å². The number of hydrogen-bond donors (Lipinski definition) is 1. The molecule has 2 N–H and O–H groups in total. The summed E-state index contributed by atoms with van der Waals surface area (Å²) in [6.07, 6.45) is 1.91. The Labute approximate surface area is 114 Å². The Morgan fingerprint density at radius 1 is 1.35 bits per heavy atom. The second-order valence-electron chi connectivity index (χ2n) is 4.83. The minimum atomic E-state index is 0.229. The van der Waals surface area contributed by atoms with Crippen LogP contribution in [0.2, 0.25) is 5.02 Å². The van der Waals surface area contributed by atoms with E-state index in [2.05, 4.69) is 32.9 Å². The molecule has 0 aliphatic heterocycles. The maximum Gasteiger partial charge on any atom is 0.0409 e. The molecule has 1 nitrogen and oxygen atoms in total. The molecule has 1 aromatic carbocycles. The van der Waals surface area contributed by atoms with Gasteiger partial charge in [-0.2, -0.15) is 0 Å². The van der Waals surface area contributed by atoms with Crippen molar-refractivity contribution >= 4 is 23.4 Å². The second kappa shape index (κ2) is 7.30. The van der Waals surface area contributed by atoms with Crippen molar-refractivity contribution in [1.82, 2.24) is 0 Å². The summed E-state index contributed by atoms with van der Waals surface area (Å²) in [6, 6.07) is 6.37. The van der Waals surface area contributed by atoms with E-state index in [4.69, 9.17) is 17.3 Å². The van der Waals surface area contributed by atoms with Crippen LogP contribution < -0.4 is 5.73 Å². The molecule has 0 amide bonds. The zero-order valence-corrected chi connectivity index (χ0v) is 12.4. The van der Waals surface area contributed by atoms with Gasteiger partial charge in [0.25, 0.3) is 0 Å². The highest BCUT2D eigenvalue weighted by Crippen LogP contribution is 2.28. The molecule has 1 rings (SSSR count). The zero-order chi connectivity index (χ0) is 12.8. The van der Waals surface area contributed by atoms with Gasteiger partial charge in [-0.3, -0.25) is 0 Å². The van der Waals surface area contributed by atoms with Crippen LogP contribution in [0.25, 0.3) is 0 Å². The summed E-state index contributed by atoms with van der Waals surface area (Å²) in [5, 5.41) is 0.803. The first-order valence-electron chi connectivity index (χ1n) is 6.19. The minimum absolute atomic E-state index is 0.229. The number of benzene rings is 1. The molecule has 1 atom stereocenters. The van der Waals surface area contributed by atoms with Gasteiger partial charge in [0.2, 0.25) is 0 Å². The van der Waals surface area contributed by atoms with Crippen molar-refractivity contribution in [3.05, 3.63) is 28.8 Å².